The first-order valence-electron chi connectivity index (χ1n) is 6.20. The maximum atomic E-state index is 10.6. The fraction of sp³-hybridized carbons (Fsp3) is 0.917. The Morgan fingerprint density at radius 2 is 1.93 bits per heavy atom. The van der Waals surface area contributed by atoms with Crippen LogP contribution in [0, 0.1) is 0 Å². The van der Waals surface area contributed by atoms with Crippen LogP contribution in [0.1, 0.15) is 51.9 Å². The van der Waals surface area contributed by atoms with Crippen LogP contribution in [0.15, 0.2) is 0 Å². The third kappa shape index (κ3) is 4.65. The molecule has 0 spiro atoms. The quantitative estimate of drug-likeness (QED) is 0.737. The maximum absolute atomic E-state index is 10.6. The smallest absolute Gasteiger partial charge is 0.304 e. The van der Waals surface area contributed by atoms with Crippen LogP contribution in [-0.2, 0) is 4.79 Å². The molecule has 1 fully saturated rings. The Bertz CT molecular complexity index is 188. The van der Waals surface area contributed by atoms with Gasteiger partial charge in [0.15, 0.2) is 0 Å². The minimum Gasteiger partial charge on any atom is -0.481 e. The Balaban J connectivity index is 2.36. The van der Waals surface area contributed by atoms with Gasteiger partial charge in [-0.05, 0) is 25.8 Å². The van der Waals surface area contributed by atoms with E-state index in [4.69, 9.17) is 5.11 Å². The highest BCUT2D eigenvalue weighted by atomic mass is 16.4. The molecule has 0 radical (unpaired) electrons. The summed E-state index contributed by atoms with van der Waals surface area (Å²) in [6.45, 7) is 3.95. The van der Waals surface area contributed by atoms with Gasteiger partial charge in [0.25, 0.3) is 0 Å². The average Bonchev–Trinajstić information content (AvgIpc) is 2.25. The summed E-state index contributed by atoms with van der Waals surface area (Å²) in [5, 5.41) is 8.70. The van der Waals surface area contributed by atoms with Gasteiger partial charge in [0.2, 0.25) is 0 Å². The van der Waals surface area contributed by atoms with Gasteiger partial charge < -0.3 is 5.11 Å². The Morgan fingerprint density at radius 1 is 1.27 bits per heavy atom. The Labute approximate surface area is 92.5 Å². The summed E-state index contributed by atoms with van der Waals surface area (Å²) in [5.74, 6) is -0.674. The zero-order valence-electron chi connectivity index (χ0n) is 9.74. The van der Waals surface area contributed by atoms with Gasteiger partial charge >= 0.3 is 5.97 Å². The average molecular weight is 213 g/mol. The maximum Gasteiger partial charge on any atom is 0.304 e. The third-order valence-electron chi connectivity index (χ3n) is 3.21. The lowest BCUT2D eigenvalue weighted by atomic mass is 9.94. The van der Waals surface area contributed by atoms with Gasteiger partial charge in [-0.1, -0.05) is 26.2 Å². The lowest BCUT2D eigenvalue weighted by Gasteiger charge is -2.33. The van der Waals surface area contributed by atoms with Crippen LogP contribution in [-0.4, -0.2) is 35.1 Å². The second kappa shape index (κ2) is 6.83. The van der Waals surface area contributed by atoms with E-state index >= 15 is 0 Å². The molecule has 1 N–H and O–H groups in total. The molecule has 1 saturated carbocycles. The van der Waals surface area contributed by atoms with Crippen molar-refractivity contribution in [2.45, 2.75) is 57.9 Å². The van der Waals surface area contributed by atoms with Gasteiger partial charge in [-0.2, -0.15) is 0 Å². The van der Waals surface area contributed by atoms with Crippen molar-refractivity contribution in [2.75, 3.05) is 13.1 Å². The van der Waals surface area contributed by atoms with Crippen LogP contribution in [0.4, 0.5) is 0 Å². The largest absolute Gasteiger partial charge is 0.481 e. The van der Waals surface area contributed by atoms with Crippen LogP contribution in [0.2, 0.25) is 0 Å². The lowest BCUT2D eigenvalue weighted by Crippen LogP contribution is -2.38. The normalized spacial score (nSPS) is 18.3. The van der Waals surface area contributed by atoms with Crippen LogP contribution in [0.3, 0.4) is 0 Å². The molecule has 0 atom stereocenters. The van der Waals surface area contributed by atoms with E-state index in [1.165, 1.54) is 32.1 Å². The number of nitrogens with zero attached hydrogens (tertiary/aromatic N) is 1. The number of carbonyl (C=O) groups is 1. The first-order chi connectivity index (χ1) is 7.24. The molecule has 3 heteroatoms. The summed E-state index contributed by atoms with van der Waals surface area (Å²) in [7, 11) is 0. The van der Waals surface area contributed by atoms with Crippen molar-refractivity contribution in [3.8, 4) is 0 Å². The van der Waals surface area contributed by atoms with Crippen LogP contribution >= 0.6 is 0 Å². The van der Waals surface area contributed by atoms with Gasteiger partial charge in [0.1, 0.15) is 0 Å². The summed E-state index contributed by atoms with van der Waals surface area (Å²) in [6.07, 6.45) is 7.93. The van der Waals surface area contributed by atoms with E-state index in [2.05, 4.69) is 11.8 Å². The monoisotopic (exact) mass is 213 g/mol. The van der Waals surface area contributed by atoms with E-state index in [0.717, 1.165) is 19.5 Å². The number of hydrogen-bond acceptors (Lipinski definition) is 2. The molecule has 0 heterocycles. The van der Waals surface area contributed by atoms with Crippen molar-refractivity contribution in [3.63, 3.8) is 0 Å². The number of rotatable bonds is 6. The predicted octanol–water partition coefficient (Wildman–Crippen LogP) is 2.51. The fourth-order valence-electron chi connectivity index (χ4n) is 2.45. The highest BCUT2D eigenvalue weighted by molar-refractivity contribution is 5.66. The van der Waals surface area contributed by atoms with E-state index in [9.17, 15) is 4.79 Å². The molecule has 88 valence electrons. The Hall–Kier alpha value is -0.570. The van der Waals surface area contributed by atoms with Crippen LogP contribution in [0.5, 0.6) is 0 Å². The summed E-state index contributed by atoms with van der Waals surface area (Å²) >= 11 is 0. The highest BCUT2D eigenvalue weighted by Crippen LogP contribution is 2.22. The van der Waals surface area contributed by atoms with E-state index in [0.29, 0.717) is 6.04 Å². The fourth-order valence-corrected chi connectivity index (χ4v) is 2.45. The molecular formula is C12H23NO2. The molecule has 3 nitrogen and oxygen atoms in total. The molecule has 0 aromatic rings. The van der Waals surface area contributed by atoms with E-state index in [-0.39, 0.29) is 6.42 Å². The summed E-state index contributed by atoms with van der Waals surface area (Å²) < 4.78 is 0. The summed E-state index contributed by atoms with van der Waals surface area (Å²) in [6, 6.07) is 0.651. The first kappa shape index (κ1) is 12.5. The minimum atomic E-state index is -0.674. The molecule has 0 aromatic heterocycles. The number of carboxylic acids is 1. The Kier molecular flexibility index (Phi) is 5.69. The number of aliphatic carboxylic acids is 1. The molecule has 1 rings (SSSR count). The molecular weight excluding hydrogens is 190 g/mol. The molecule has 0 aliphatic heterocycles. The minimum absolute atomic E-state index is 0.288. The molecule has 0 unspecified atom stereocenters. The van der Waals surface area contributed by atoms with E-state index in [1.54, 1.807) is 0 Å². The molecule has 0 saturated heterocycles. The van der Waals surface area contributed by atoms with Crippen molar-refractivity contribution >= 4 is 5.97 Å². The van der Waals surface area contributed by atoms with Crippen molar-refractivity contribution in [3.05, 3.63) is 0 Å². The summed E-state index contributed by atoms with van der Waals surface area (Å²) in [5.41, 5.74) is 0. The van der Waals surface area contributed by atoms with Crippen molar-refractivity contribution < 1.29 is 9.90 Å². The molecule has 1 aliphatic carbocycles. The number of hydrogen-bond donors (Lipinski definition) is 1. The second-order valence-corrected chi connectivity index (χ2v) is 4.47. The summed E-state index contributed by atoms with van der Waals surface area (Å²) in [4.78, 5) is 12.9. The van der Waals surface area contributed by atoms with Crippen molar-refractivity contribution in [2.24, 2.45) is 0 Å². The topological polar surface area (TPSA) is 40.5 Å². The molecule has 0 aromatic carbocycles. The third-order valence-corrected chi connectivity index (χ3v) is 3.21. The van der Waals surface area contributed by atoms with Crippen LogP contribution in [0.25, 0.3) is 0 Å². The van der Waals surface area contributed by atoms with Gasteiger partial charge in [-0.15, -0.1) is 0 Å². The molecule has 15 heavy (non-hydrogen) atoms. The molecule has 1 aliphatic rings. The second-order valence-electron chi connectivity index (χ2n) is 4.47. The molecule has 0 amide bonds. The van der Waals surface area contributed by atoms with Crippen molar-refractivity contribution in [1.29, 1.82) is 0 Å². The SMILES string of the molecule is CCCN(CCC(=O)O)C1CCCCC1. The zero-order valence-corrected chi connectivity index (χ0v) is 9.74. The van der Waals surface area contributed by atoms with Gasteiger partial charge in [0, 0.05) is 12.6 Å². The van der Waals surface area contributed by atoms with E-state index < -0.39 is 5.97 Å². The standard InChI is InChI=1S/C12H23NO2/c1-2-9-13(10-8-12(14)15)11-6-4-3-5-7-11/h11H,2-10H2,1H3,(H,14,15). The zero-order chi connectivity index (χ0) is 11.1. The molecule has 0 bridgehead atoms. The van der Waals surface area contributed by atoms with Crippen LogP contribution < -0.4 is 0 Å². The van der Waals surface area contributed by atoms with Gasteiger partial charge in [0.05, 0.1) is 6.42 Å². The Morgan fingerprint density at radius 3 is 2.47 bits per heavy atom. The highest BCUT2D eigenvalue weighted by Gasteiger charge is 2.20. The lowest BCUT2D eigenvalue weighted by molar-refractivity contribution is -0.137. The van der Waals surface area contributed by atoms with Gasteiger partial charge in [-0.3, -0.25) is 9.69 Å². The van der Waals surface area contributed by atoms with Gasteiger partial charge in [-0.25, -0.2) is 0 Å². The first-order valence-corrected chi connectivity index (χ1v) is 6.20. The predicted molar refractivity (Wildman–Crippen MR) is 61.0 cm³/mol. The van der Waals surface area contributed by atoms with E-state index in [1.807, 2.05) is 0 Å². The van der Waals surface area contributed by atoms with Crippen molar-refractivity contribution in [1.82, 2.24) is 4.90 Å². The number of carboxylic acid groups (broad SMARTS) is 1.